The molecule has 0 aliphatic carbocycles. The first-order chi connectivity index (χ1) is 11.5. The van der Waals surface area contributed by atoms with Gasteiger partial charge < -0.3 is 10.8 Å². The van der Waals surface area contributed by atoms with E-state index < -0.39 is 6.04 Å². The highest BCUT2D eigenvalue weighted by atomic mass is 35.5. The fraction of sp³-hybridized carbons (Fsp3) is 0.176. The van der Waals surface area contributed by atoms with Crippen LogP contribution in [0.25, 0.3) is 5.69 Å². The van der Waals surface area contributed by atoms with Crippen LogP contribution in [-0.2, 0) is 6.61 Å². The summed E-state index contributed by atoms with van der Waals surface area (Å²) < 4.78 is 1.77. The molecular weight excluding hydrogens is 347 g/mol. The van der Waals surface area contributed by atoms with Crippen molar-refractivity contribution in [1.29, 1.82) is 0 Å². The maximum Gasteiger partial charge on any atom is 0.163 e. The number of aromatic nitrogens is 3. The van der Waals surface area contributed by atoms with Crippen molar-refractivity contribution in [1.82, 2.24) is 14.8 Å². The standard InChI is InChI=1S/C17H16Cl2N4O/c1-10-21-22-16(9-24)23(10)15-7-6-11(18)8-13(15)17(20)12-4-2-3-5-14(12)19/h2-8,17,24H,9,20H2,1H3. The maximum atomic E-state index is 9.54. The minimum atomic E-state index is -0.485. The van der Waals surface area contributed by atoms with Crippen LogP contribution in [0.3, 0.4) is 0 Å². The summed E-state index contributed by atoms with van der Waals surface area (Å²) in [7, 11) is 0. The van der Waals surface area contributed by atoms with E-state index in [9.17, 15) is 5.11 Å². The lowest BCUT2D eigenvalue weighted by atomic mass is 9.97. The lowest BCUT2D eigenvalue weighted by Crippen LogP contribution is -2.16. The van der Waals surface area contributed by atoms with Crippen molar-refractivity contribution in [2.24, 2.45) is 5.73 Å². The SMILES string of the molecule is Cc1nnc(CO)n1-c1ccc(Cl)cc1C(N)c1ccccc1Cl. The zero-order chi connectivity index (χ0) is 17.3. The second kappa shape index (κ2) is 6.91. The van der Waals surface area contributed by atoms with Crippen molar-refractivity contribution in [2.45, 2.75) is 19.6 Å². The summed E-state index contributed by atoms with van der Waals surface area (Å²) in [6.45, 7) is 1.58. The van der Waals surface area contributed by atoms with E-state index in [-0.39, 0.29) is 6.61 Å². The fourth-order valence-corrected chi connectivity index (χ4v) is 3.13. The van der Waals surface area contributed by atoms with E-state index in [1.807, 2.05) is 31.2 Å². The van der Waals surface area contributed by atoms with Crippen molar-refractivity contribution in [3.05, 3.63) is 75.3 Å². The van der Waals surface area contributed by atoms with Crippen LogP contribution in [0.15, 0.2) is 42.5 Å². The van der Waals surface area contributed by atoms with Gasteiger partial charge in [0.1, 0.15) is 12.4 Å². The average molecular weight is 363 g/mol. The largest absolute Gasteiger partial charge is 0.388 e. The second-order valence-corrected chi connectivity index (χ2v) is 6.20. The van der Waals surface area contributed by atoms with Gasteiger partial charge in [-0.2, -0.15) is 0 Å². The van der Waals surface area contributed by atoms with Crippen LogP contribution >= 0.6 is 23.2 Å². The maximum absolute atomic E-state index is 9.54. The summed E-state index contributed by atoms with van der Waals surface area (Å²) in [5.41, 5.74) is 8.80. The number of aliphatic hydroxyl groups excluding tert-OH is 1. The molecular formula is C17H16Cl2N4O. The Balaban J connectivity index is 2.20. The summed E-state index contributed by atoms with van der Waals surface area (Å²) in [6.07, 6.45) is 0. The molecule has 0 saturated heterocycles. The van der Waals surface area contributed by atoms with E-state index >= 15 is 0 Å². The molecule has 0 amide bonds. The summed E-state index contributed by atoms with van der Waals surface area (Å²) >= 11 is 12.5. The van der Waals surface area contributed by atoms with Gasteiger partial charge in [0.15, 0.2) is 5.82 Å². The van der Waals surface area contributed by atoms with Crippen LogP contribution in [0.2, 0.25) is 10.0 Å². The molecule has 0 aliphatic heterocycles. The number of hydrogen-bond acceptors (Lipinski definition) is 4. The number of nitrogens with two attached hydrogens (primary N) is 1. The number of nitrogens with zero attached hydrogens (tertiary/aromatic N) is 3. The van der Waals surface area contributed by atoms with Crippen LogP contribution in [0, 0.1) is 6.92 Å². The van der Waals surface area contributed by atoms with Gasteiger partial charge in [0, 0.05) is 10.0 Å². The van der Waals surface area contributed by atoms with Crippen LogP contribution in [-0.4, -0.2) is 19.9 Å². The van der Waals surface area contributed by atoms with Gasteiger partial charge in [0.05, 0.1) is 11.7 Å². The molecule has 5 nitrogen and oxygen atoms in total. The highest BCUT2D eigenvalue weighted by Crippen LogP contribution is 2.32. The molecule has 0 saturated carbocycles. The second-order valence-electron chi connectivity index (χ2n) is 5.36. The molecule has 1 heterocycles. The Bertz CT molecular complexity index is 879. The Labute approximate surface area is 149 Å². The molecule has 0 aliphatic rings. The quantitative estimate of drug-likeness (QED) is 0.745. The molecule has 124 valence electrons. The molecule has 3 rings (SSSR count). The predicted octanol–water partition coefficient (Wildman–Crippen LogP) is 3.42. The van der Waals surface area contributed by atoms with Crippen molar-refractivity contribution in [3.8, 4) is 5.69 Å². The number of rotatable bonds is 4. The third kappa shape index (κ3) is 3.03. The van der Waals surface area contributed by atoms with Gasteiger partial charge >= 0.3 is 0 Å². The van der Waals surface area contributed by atoms with E-state index in [1.165, 1.54) is 0 Å². The van der Waals surface area contributed by atoms with E-state index in [1.54, 1.807) is 22.8 Å². The highest BCUT2D eigenvalue weighted by molar-refractivity contribution is 6.31. The topological polar surface area (TPSA) is 77.0 Å². The van der Waals surface area contributed by atoms with E-state index in [0.29, 0.717) is 21.7 Å². The Morgan fingerprint density at radius 3 is 2.58 bits per heavy atom. The normalized spacial score (nSPS) is 12.4. The first-order valence-corrected chi connectivity index (χ1v) is 8.10. The Kier molecular flexibility index (Phi) is 4.87. The number of aliphatic hydroxyl groups is 1. The average Bonchev–Trinajstić information content (AvgIpc) is 2.95. The molecule has 0 fully saturated rings. The van der Waals surface area contributed by atoms with Crippen LogP contribution in [0.5, 0.6) is 0 Å². The molecule has 0 spiro atoms. The van der Waals surface area contributed by atoms with Gasteiger partial charge in [-0.1, -0.05) is 41.4 Å². The first-order valence-electron chi connectivity index (χ1n) is 7.34. The lowest BCUT2D eigenvalue weighted by molar-refractivity contribution is 0.268. The molecule has 2 aromatic carbocycles. The number of aryl methyl sites for hydroxylation is 1. The zero-order valence-corrected chi connectivity index (χ0v) is 14.5. The molecule has 1 atom stereocenters. The predicted molar refractivity (Wildman–Crippen MR) is 94.5 cm³/mol. The molecule has 24 heavy (non-hydrogen) atoms. The van der Waals surface area contributed by atoms with Crippen molar-refractivity contribution in [2.75, 3.05) is 0 Å². The first kappa shape index (κ1) is 16.9. The van der Waals surface area contributed by atoms with Crippen molar-refractivity contribution in [3.63, 3.8) is 0 Å². The van der Waals surface area contributed by atoms with Gasteiger partial charge in [0.2, 0.25) is 0 Å². The minimum Gasteiger partial charge on any atom is -0.388 e. The molecule has 1 aromatic heterocycles. The van der Waals surface area contributed by atoms with Gasteiger partial charge in [-0.3, -0.25) is 4.57 Å². The number of halogens is 2. The third-order valence-electron chi connectivity index (χ3n) is 3.84. The lowest BCUT2D eigenvalue weighted by Gasteiger charge is -2.20. The smallest absolute Gasteiger partial charge is 0.163 e. The van der Waals surface area contributed by atoms with Crippen molar-refractivity contribution >= 4 is 23.2 Å². The Morgan fingerprint density at radius 1 is 1.12 bits per heavy atom. The Hall–Kier alpha value is -1.92. The van der Waals surface area contributed by atoms with Gasteiger partial charge in [0.25, 0.3) is 0 Å². The summed E-state index contributed by atoms with van der Waals surface area (Å²) in [4.78, 5) is 0. The minimum absolute atomic E-state index is 0.232. The number of hydrogen-bond donors (Lipinski definition) is 2. The van der Waals surface area contributed by atoms with Gasteiger partial charge in [-0.25, -0.2) is 0 Å². The fourth-order valence-electron chi connectivity index (χ4n) is 2.69. The van der Waals surface area contributed by atoms with Crippen molar-refractivity contribution < 1.29 is 5.11 Å². The molecule has 1 unspecified atom stereocenters. The Morgan fingerprint density at radius 2 is 1.88 bits per heavy atom. The molecule has 7 heteroatoms. The summed E-state index contributed by atoms with van der Waals surface area (Å²) in [6, 6.07) is 12.3. The summed E-state index contributed by atoms with van der Waals surface area (Å²) in [5, 5.41) is 18.7. The van der Waals surface area contributed by atoms with E-state index in [0.717, 1.165) is 16.8 Å². The van der Waals surface area contributed by atoms with Crippen LogP contribution in [0.4, 0.5) is 0 Å². The molecule has 3 aromatic rings. The van der Waals surface area contributed by atoms with Crippen LogP contribution < -0.4 is 5.73 Å². The molecule has 0 radical (unpaired) electrons. The molecule has 3 N–H and O–H groups in total. The van der Waals surface area contributed by atoms with Gasteiger partial charge in [-0.15, -0.1) is 10.2 Å². The van der Waals surface area contributed by atoms with E-state index in [2.05, 4.69) is 10.2 Å². The zero-order valence-electron chi connectivity index (χ0n) is 12.9. The number of benzene rings is 2. The monoisotopic (exact) mass is 362 g/mol. The van der Waals surface area contributed by atoms with E-state index in [4.69, 9.17) is 28.9 Å². The third-order valence-corrected chi connectivity index (χ3v) is 4.42. The highest BCUT2D eigenvalue weighted by Gasteiger charge is 2.20. The van der Waals surface area contributed by atoms with Crippen LogP contribution in [0.1, 0.15) is 28.8 Å². The summed E-state index contributed by atoms with van der Waals surface area (Å²) in [5.74, 6) is 1.08. The molecule has 0 bridgehead atoms. The van der Waals surface area contributed by atoms with Gasteiger partial charge in [-0.05, 0) is 42.3 Å².